The zero-order chi connectivity index (χ0) is 18.2. The number of esters is 1. The van der Waals surface area contributed by atoms with E-state index in [2.05, 4.69) is 22.3 Å². The highest BCUT2D eigenvalue weighted by Gasteiger charge is 2.30. The number of nitrogens with zero attached hydrogens (tertiary/aromatic N) is 1. The van der Waals surface area contributed by atoms with Crippen molar-refractivity contribution in [2.75, 3.05) is 13.1 Å². The third-order valence-corrected chi connectivity index (χ3v) is 4.54. The standard InChI is InChI=1S/C21H24N2O3/c24-20(26-16-18-10-5-2-6-11-18)14-22-21(25)19-12-7-13-23(19)15-17-8-3-1-4-9-17/h1-6,8-11,19H,7,12-16H2,(H,22,25). The number of hydrogen-bond donors (Lipinski definition) is 1. The number of ether oxygens (including phenoxy) is 1. The Kier molecular flexibility index (Phi) is 6.39. The summed E-state index contributed by atoms with van der Waals surface area (Å²) in [4.78, 5) is 26.5. The van der Waals surface area contributed by atoms with Crippen LogP contribution in [0.1, 0.15) is 24.0 Å². The van der Waals surface area contributed by atoms with Crippen LogP contribution in [-0.4, -0.2) is 35.9 Å². The smallest absolute Gasteiger partial charge is 0.325 e. The van der Waals surface area contributed by atoms with Crippen molar-refractivity contribution in [1.29, 1.82) is 0 Å². The van der Waals surface area contributed by atoms with Crippen molar-refractivity contribution < 1.29 is 14.3 Å². The van der Waals surface area contributed by atoms with E-state index in [0.717, 1.165) is 31.5 Å². The van der Waals surface area contributed by atoms with E-state index < -0.39 is 5.97 Å². The van der Waals surface area contributed by atoms with Crippen molar-refractivity contribution in [3.63, 3.8) is 0 Å². The summed E-state index contributed by atoms with van der Waals surface area (Å²) in [5.74, 6) is -0.523. The molecular weight excluding hydrogens is 328 g/mol. The van der Waals surface area contributed by atoms with Crippen LogP contribution in [0.4, 0.5) is 0 Å². The molecule has 0 saturated carbocycles. The molecule has 3 rings (SSSR count). The summed E-state index contributed by atoms with van der Waals surface area (Å²) in [5.41, 5.74) is 2.12. The molecule has 0 aliphatic carbocycles. The average molecular weight is 352 g/mol. The van der Waals surface area contributed by atoms with E-state index in [1.807, 2.05) is 48.5 Å². The van der Waals surface area contributed by atoms with Crippen molar-refractivity contribution in [1.82, 2.24) is 10.2 Å². The van der Waals surface area contributed by atoms with Gasteiger partial charge in [0.1, 0.15) is 13.2 Å². The van der Waals surface area contributed by atoms with Gasteiger partial charge in [0, 0.05) is 6.54 Å². The van der Waals surface area contributed by atoms with Crippen molar-refractivity contribution in [3.05, 3.63) is 71.8 Å². The lowest BCUT2D eigenvalue weighted by atomic mass is 10.1. The normalized spacial score (nSPS) is 17.0. The number of hydrogen-bond acceptors (Lipinski definition) is 4. The summed E-state index contributed by atoms with van der Waals surface area (Å²) in [7, 11) is 0. The van der Waals surface area contributed by atoms with Gasteiger partial charge in [0.15, 0.2) is 0 Å². The van der Waals surface area contributed by atoms with Gasteiger partial charge >= 0.3 is 5.97 Å². The van der Waals surface area contributed by atoms with Gasteiger partial charge in [-0.1, -0.05) is 60.7 Å². The van der Waals surface area contributed by atoms with Crippen molar-refractivity contribution in [3.8, 4) is 0 Å². The molecule has 1 aliphatic heterocycles. The fraction of sp³-hybridized carbons (Fsp3) is 0.333. The molecule has 1 amide bonds. The Morgan fingerprint density at radius 3 is 2.35 bits per heavy atom. The molecule has 1 atom stereocenters. The Morgan fingerprint density at radius 1 is 1.00 bits per heavy atom. The number of nitrogens with one attached hydrogen (secondary N) is 1. The van der Waals surface area contributed by atoms with Crippen LogP contribution >= 0.6 is 0 Å². The summed E-state index contributed by atoms with van der Waals surface area (Å²) in [6, 6.07) is 19.4. The molecule has 136 valence electrons. The predicted octanol–water partition coefficient (Wildman–Crippen LogP) is 2.51. The molecule has 0 bridgehead atoms. The van der Waals surface area contributed by atoms with Gasteiger partial charge in [-0.15, -0.1) is 0 Å². The second kappa shape index (κ2) is 9.15. The highest BCUT2D eigenvalue weighted by atomic mass is 16.5. The lowest BCUT2D eigenvalue weighted by Gasteiger charge is -2.23. The topological polar surface area (TPSA) is 58.6 Å². The van der Waals surface area contributed by atoms with Crippen LogP contribution in [0.15, 0.2) is 60.7 Å². The van der Waals surface area contributed by atoms with E-state index in [1.165, 1.54) is 5.56 Å². The van der Waals surface area contributed by atoms with Gasteiger partial charge < -0.3 is 10.1 Å². The molecule has 0 spiro atoms. The van der Waals surface area contributed by atoms with Crippen molar-refractivity contribution in [2.45, 2.75) is 32.0 Å². The third-order valence-electron chi connectivity index (χ3n) is 4.54. The lowest BCUT2D eigenvalue weighted by molar-refractivity contribution is -0.145. The zero-order valence-electron chi connectivity index (χ0n) is 14.8. The summed E-state index contributed by atoms with van der Waals surface area (Å²) in [6.07, 6.45) is 1.81. The first kappa shape index (κ1) is 18.1. The highest BCUT2D eigenvalue weighted by molar-refractivity contribution is 5.85. The van der Waals surface area contributed by atoms with E-state index in [-0.39, 0.29) is 25.1 Å². The van der Waals surface area contributed by atoms with Crippen LogP contribution < -0.4 is 5.32 Å². The van der Waals surface area contributed by atoms with Gasteiger partial charge in [-0.2, -0.15) is 0 Å². The van der Waals surface area contributed by atoms with E-state index in [4.69, 9.17) is 4.74 Å². The summed E-state index contributed by atoms with van der Waals surface area (Å²) in [6.45, 7) is 1.77. The maximum Gasteiger partial charge on any atom is 0.325 e. The summed E-state index contributed by atoms with van der Waals surface area (Å²) in [5, 5.41) is 2.72. The minimum absolute atomic E-state index is 0.0959. The van der Waals surface area contributed by atoms with Gasteiger partial charge in [-0.25, -0.2) is 0 Å². The molecule has 5 nitrogen and oxygen atoms in total. The van der Waals surface area contributed by atoms with Gasteiger partial charge in [-0.05, 0) is 30.5 Å². The van der Waals surface area contributed by atoms with E-state index >= 15 is 0 Å². The maximum atomic E-state index is 12.5. The minimum Gasteiger partial charge on any atom is -0.460 e. The molecule has 1 N–H and O–H groups in total. The lowest BCUT2D eigenvalue weighted by Crippen LogP contribution is -2.44. The number of carbonyl (C=O) groups is 2. The molecule has 1 heterocycles. The van der Waals surface area contributed by atoms with Gasteiger partial charge in [0.05, 0.1) is 6.04 Å². The third kappa shape index (κ3) is 5.17. The fourth-order valence-electron chi connectivity index (χ4n) is 3.20. The molecule has 1 unspecified atom stereocenters. The van der Waals surface area contributed by atoms with E-state index in [0.29, 0.717) is 0 Å². The number of amides is 1. The molecule has 1 saturated heterocycles. The van der Waals surface area contributed by atoms with E-state index in [1.54, 1.807) is 0 Å². The summed E-state index contributed by atoms with van der Waals surface area (Å²) >= 11 is 0. The first-order valence-electron chi connectivity index (χ1n) is 8.97. The summed E-state index contributed by atoms with van der Waals surface area (Å²) < 4.78 is 5.20. The minimum atomic E-state index is -0.421. The molecular formula is C21H24N2O3. The first-order chi connectivity index (χ1) is 12.7. The second-order valence-corrected chi connectivity index (χ2v) is 6.48. The van der Waals surface area contributed by atoms with Gasteiger partial charge in [0.25, 0.3) is 0 Å². The molecule has 2 aromatic carbocycles. The molecule has 1 aliphatic rings. The average Bonchev–Trinajstić information content (AvgIpc) is 3.14. The first-order valence-corrected chi connectivity index (χ1v) is 8.97. The van der Waals surface area contributed by atoms with E-state index in [9.17, 15) is 9.59 Å². The predicted molar refractivity (Wildman–Crippen MR) is 99.1 cm³/mol. The molecule has 5 heteroatoms. The number of carbonyl (C=O) groups excluding carboxylic acids is 2. The number of benzene rings is 2. The fourth-order valence-corrected chi connectivity index (χ4v) is 3.20. The Balaban J connectivity index is 1.44. The maximum absolute atomic E-state index is 12.5. The van der Waals surface area contributed by atoms with Crippen molar-refractivity contribution in [2.24, 2.45) is 0 Å². The van der Waals surface area contributed by atoms with Crippen LogP contribution in [0.2, 0.25) is 0 Å². The van der Waals surface area contributed by atoms with Crippen molar-refractivity contribution >= 4 is 11.9 Å². The Hall–Kier alpha value is -2.66. The van der Waals surface area contributed by atoms with Crippen LogP contribution in [-0.2, 0) is 27.5 Å². The SMILES string of the molecule is O=C(CNC(=O)C1CCCN1Cc1ccccc1)OCc1ccccc1. The van der Waals surface area contributed by atoms with Crippen LogP contribution in [0, 0.1) is 0 Å². The highest BCUT2D eigenvalue weighted by Crippen LogP contribution is 2.20. The van der Waals surface area contributed by atoms with Crippen LogP contribution in [0.25, 0.3) is 0 Å². The van der Waals surface area contributed by atoms with Crippen LogP contribution in [0.3, 0.4) is 0 Å². The molecule has 2 aromatic rings. The number of rotatable bonds is 7. The Morgan fingerprint density at radius 2 is 1.65 bits per heavy atom. The van der Waals surface area contributed by atoms with Gasteiger partial charge in [0.2, 0.25) is 5.91 Å². The zero-order valence-corrected chi connectivity index (χ0v) is 14.8. The Labute approximate surface area is 154 Å². The van der Waals surface area contributed by atoms with Crippen LogP contribution in [0.5, 0.6) is 0 Å². The Bertz CT molecular complexity index is 719. The molecule has 0 radical (unpaired) electrons. The number of likely N-dealkylation sites (tertiary alicyclic amines) is 1. The monoisotopic (exact) mass is 352 g/mol. The molecule has 0 aromatic heterocycles. The second-order valence-electron chi connectivity index (χ2n) is 6.48. The quantitative estimate of drug-likeness (QED) is 0.778. The molecule has 26 heavy (non-hydrogen) atoms. The van der Waals surface area contributed by atoms with Gasteiger partial charge in [-0.3, -0.25) is 14.5 Å². The molecule has 1 fully saturated rings. The largest absolute Gasteiger partial charge is 0.460 e.